The number of nitrogens with one attached hydrogen (secondary N) is 2. The summed E-state index contributed by atoms with van der Waals surface area (Å²) in [6.07, 6.45) is 4.60. The number of nitrogens with zero attached hydrogens (tertiary/aromatic N) is 2. The second-order valence-electron chi connectivity index (χ2n) is 10.7. The molecule has 0 atom stereocenters. The number of H-pyrrole nitrogens is 1. The average molecular weight is 551 g/mol. The molecule has 4 N–H and O–H groups in total. The molecule has 3 aromatic rings. The second kappa shape index (κ2) is 10.1. The molecule has 11 heteroatoms. The molecule has 3 aliphatic rings. The van der Waals surface area contributed by atoms with Crippen LogP contribution in [0.5, 0.6) is 11.5 Å². The summed E-state index contributed by atoms with van der Waals surface area (Å²) >= 11 is 5.47. The molecule has 2 aromatic carbocycles. The van der Waals surface area contributed by atoms with Gasteiger partial charge in [0.05, 0.1) is 30.5 Å². The van der Waals surface area contributed by atoms with Crippen molar-refractivity contribution in [2.24, 2.45) is 5.73 Å². The first-order chi connectivity index (χ1) is 18.9. The van der Waals surface area contributed by atoms with E-state index in [-0.39, 0.29) is 30.7 Å². The molecule has 2 fully saturated rings. The van der Waals surface area contributed by atoms with E-state index in [0.29, 0.717) is 58.7 Å². The Morgan fingerprint density at radius 1 is 1.03 bits per heavy atom. The second-order valence-corrected chi connectivity index (χ2v) is 11.1. The monoisotopic (exact) mass is 550 g/mol. The largest absolute Gasteiger partial charge is 0.454 e. The van der Waals surface area contributed by atoms with Crippen molar-refractivity contribution in [3.8, 4) is 11.5 Å². The van der Waals surface area contributed by atoms with E-state index in [4.69, 9.17) is 27.4 Å². The van der Waals surface area contributed by atoms with E-state index in [9.17, 15) is 14.4 Å². The third kappa shape index (κ3) is 4.59. The molecule has 204 valence electrons. The maximum atomic E-state index is 13.3. The summed E-state index contributed by atoms with van der Waals surface area (Å²) in [5.41, 5.74) is 7.11. The Kier molecular flexibility index (Phi) is 6.64. The lowest BCUT2D eigenvalue weighted by Crippen LogP contribution is -3.22. The van der Waals surface area contributed by atoms with Crippen LogP contribution in [-0.2, 0) is 11.3 Å². The minimum atomic E-state index is -0.577. The predicted octanol–water partition coefficient (Wildman–Crippen LogP) is 1.36. The molecule has 10 nitrogen and oxygen atoms in total. The molecule has 2 amide bonds. The number of amides is 2. The first-order valence-corrected chi connectivity index (χ1v) is 13.9. The van der Waals surface area contributed by atoms with Crippen LogP contribution in [0.4, 0.5) is 0 Å². The topological polar surface area (TPSA) is 124 Å². The van der Waals surface area contributed by atoms with Gasteiger partial charge in [0, 0.05) is 37.6 Å². The molecule has 0 saturated carbocycles. The fourth-order valence-corrected chi connectivity index (χ4v) is 6.48. The predicted molar refractivity (Wildman–Crippen MR) is 147 cm³/mol. The van der Waals surface area contributed by atoms with Crippen LogP contribution in [0.15, 0.2) is 41.2 Å². The van der Waals surface area contributed by atoms with E-state index in [0.717, 1.165) is 31.5 Å². The first kappa shape index (κ1) is 25.6. The number of piperidine rings is 2. The number of ether oxygens (including phenoxy) is 2. The summed E-state index contributed by atoms with van der Waals surface area (Å²) in [5.74, 6) is 0.794. The molecule has 0 spiro atoms. The first-order valence-electron chi connectivity index (χ1n) is 13.5. The van der Waals surface area contributed by atoms with Crippen molar-refractivity contribution in [1.29, 1.82) is 0 Å². The average Bonchev–Trinajstić information content (AvgIpc) is 3.42. The molecule has 0 bridgehead atoms. The van der Waals surface area contributed by atoms with E-state index in [2.05, 4.69) is 4.98 Å². The summed E-state index contributed by atoms with van der Waals surface area (Å²) in [5, 5.41) is 0.461. The molecule has 2 saturated heterocycles. The Bertz CT molecular complexity index is 1550. The molecule has 3 aliphatic heterocycles. The number of fused-ring (bicyclic) bond motifs is 2. The Morgan fingerprint density at radius 2 is 1.69 bits per heavy atom. The molecule has 0 radical (unpaired) electrons. The third-order valence-electron chi connectivity index (χ3n) is 8.53. The number of aromatic nitrogens is 2. The van der Waals surface area contributed by atoms with Gasteiger partial charge < -0.3 is 30.0 Å². The van der Waals surface area contributed by atoms with Gasteiger partial charge in [-0.2, -0.15) is 0 Å². The molecule has 0 aliphatic carbocycles. The number of carbonyl (C=O) groups is 2. The van der Waals surface area contributed by atoms with E-state index >= 15 is 0 Å². The number of aromatic amines is 1. The standard InChI is InChI=1S/C28H31N5O5S/c29-26(36)28(32-10-2-1-3-11-32)8-12-31(13-9-28)24(34)19-6-4-18(5-7-19)16-33-25(35)20-14-22-23(38-17-37-22)15-21(20)30-27(33)39/h4-7,14-15H,1-3,8-13,16-17H2,(H2,29,36)(H,30,39)/p+1. The zero-order valence-electron chi connectivity index (χ0n) is 21.7. The number of likely N-dealkylation sites (tertiary alicyclic amines) is 2. The van der Waals surface area contributed by atoms with Crippen molar-refractivity contribution >= 4 is 34.9 Å². The summed E-state index contributed by atoms with van der Waals surface area (Å²) in [6.45, 7) is 3.32. The van der Waals surface area contributed by atoms with Gasteiger partial charge in [0.1, 0.15) is 0 Å². The number of primary amides is 1. The number of carbonyl (C=O) groups excluding carboxylic acids is 2. The van der Waals surface area contributed by atoms with E-state index in [1.807, 2.05) is 17.0 Å². The maximum Gasteiger partial charge on any atom is 0.278 e. The summed E-state index contributed by atoms with van der Waals surface area (Å²) in [7, 11) is 0. The molecule has 39 heavy (non-hydrogen) atoms. The number of quaternary nitrogens is 1. The highest BCUT2D eigenvalue weighted by atomic mass is 32.1. The molecular formula is C28H32N5O5S+. The van der Waals surface area contributed by atoms with Gasteiger partial charge in [0.2, 0.25) is 6.79 Å². The number of rotatable bonds is 5. The summed E-state index contributed by atoms with van der Waals surface area (Å²) in [6, 6.07) is 10.6. The molecular weight excluding hydrogens is 518 g/mol. The highest BCUT2D eigenvalue weighted by Crippen LogP contribution is 2.34. The lowest BCUT2D eigenvalue weighted by molar-refractivity contribution is -0.948. The lowest BCUT2D eigenvalue weighted by atomic mass is 9.83. The number of hydrogen-bond donors (Lipinski definition) is 3. The van der Waals surface area contributed by atoms with Gasteiger partial charge in [0.15, 0.2) is 21.8 Å². The number of benzene rings is 2. The van der Waals surface area contributed by atoms with E-state index < -0.39 is 5.54 Å². The fraction of sp³-hybridized carbons (Fsp3) is 0.429. The van der Waals surface area contributed by atoms with Crippen LogP contribution < -0.4 is 25.7 Å². The number of nitrogens with two attached hydrogens (primary N) is 1. The van der Waals surface area contributed by atoms with Crippen molar-refractivity contribution in [2.45, 2.75) is 44.2 Å². The molecule has 0 unspecified atom stereocenters. The summed E-state index contributed by atoms with van der Waals surface area (Å²) in [4.78, 5) is 45.2. The van der Waals surface area contributed by atoms with Crippen LogP contribution in [0.25, 0.3) is 10.9 Å². The van der Waals surface area contributed by atoms with E-state index in [1.165, 1.54) is 15.9 Å². The normalized spacial score (nSPS) is 18.8. The van der Waals surface area contributed by atoms with Gasteiger partial charge in [0.25, 0.3) is 17.4 Å². The minimum absolute atomic E-state index is 0.0653. The highest BCUT2D eigenvalue weighted by molar-refractivity contribution is 7.71. The minimum Gasteiger partial charge on any atom is -0.454 e. The van der Waals surface area contributed by atoms with Crippen LogP contribution in [0.1, 0.15) is 48.0 Å². The quantitative estimate of drug-likeness (QED) is 0.412. The zero-order chi connectivity index (χ0) is 27.1. The van der Waals surface area contributed by atoms with Crippen LogP contribution in [0.3, 0.4) is 0 Å². The van der Waals surface area contributed by atoms with Crippen LogP contribution in [0, 0.1) is 4.77 Å². The Balaban J connectivity index is 1.16. The zero-order valence-corrected chi connectivity index (χ0v) is 22.5. The van der Waals surface area contributed by atoms with Crippen molar-refractivity contribution in [1.82, 2.24) is 14.5 Å². The van der Waals surface area contributed by atoms with Gasteiger partial charge in [-0.15, -0.1) is 0 Å². The fourth-order valence-electron chi connectivity index (χ4n) is 6.23. The van der Waals surface area contributed by atoms with Crippen molar-refractivity contribution in [3.05, 3.63) is 62.6 Å². The van der Waals surface area contributed by atoms with E-state index in [1.54, 1.807) is 24.3 Å². The van der Waals surface area contributed by atoms with Crippen LogP contribution in [0.2, 0.25) is 0 Å². The summed E-state index contributed by atoms with van der Waals surface area (Å²) < 4.78 is 12.6. The van der Waals surface area contributed by atoms with Gasteiger partial charge in [-0.25, -0.2) is 0 Å². The Labute approximate surface area is 230 Å². The molecule has 6 rings (SSSR count). The number of hydrogen-bond acceptors (Lipinski definition) is 6. The smallest absolute Gasteiger partial charge is 0.278 e. The Morgan fingerprint density at radius 3 is 2.36 bits per heavy atom. The van der Waals surface area contributed by atoms with Gasteiger partial charge >= 0.3 is 0 Å². The van der Waals surface area contributed by atoms with Crippen molar-refractivity contribution in [3.63, 3.8) is 0 Å². The lowest BCUT2D eigenvalue weighted by Gasteiger charge is -2.45. The maximum absolute atomic E-state index is 13.3. The highest BCUT2D eigenvalue weighted by Gasteiger charge is 2.49. The Hall–Kier alpha value is -3.70. The molecule has 4 heterocycles. The van der Waals surface area contributed by atoms with Crippen LogP contribution in [-0.4, -0.2) is 64.8 Å². The SMILES string of the molecule is NC(=O)C1([NH+]2CCCCC2)CCN(C(=O)c2ccc(Cn3c(=S)[nH]c4cc5c(cc4c3=O)OCO5)cc2)CC1. The van der Waals surface area contributed by atoms with Gasteiger partial charge in [-0.3, -0.25) is 19.0 Å². The third-order valence-corrected chi connectivity index (χ3v) is 8.85. The molecule has 1 aromatic heterocycles. The van der Waals surface area contributed by atoms with Gasteiger partial charge in [-0.05, 0) is 55.2 Å². The van der Waals surface area contributed by atoms with Crippen molar-refractivity contribution in [2.75, 3.05) is 33.0 Å². The van der Waals surface area contributed by atoms with Crippen LogP contribution >= 0.6 is 12.2 Å². The van der Waals surface area contributed by atoms with Crippen molar-refractivity contribution < 1.29 is 24.0 Å². The van der Waals surface area contributed by atoms with Gasteiger partial charge in [-0.1, -0.05) is 12.1 Å².